The van der Waals surface area contributed by atoms with Gasteiger partial charge in [-0.25, -0.2) is 4.98 Å². The molecule has 302 valence electrons. The zero-order valence-electron chi connectivity index (χ0n) is 35.3. The van der Waals surface area contributed by atoms with E-state index in [-0.39, 0.29) is 11.2 Å². The number of fused-ring (bicyclic) bond motifs is 2. The van der Waals surface area contributed by atoms with E-state index in [2.05, 4.69) is 108 Å². The molecule has 0 amide bonds. The van der Waals surface area contributed by atoms with Gasteiger partial charge in [0.1, 0.15) is 5.82 Å². The number of nitrogens with zero attached hydrogens (tertiary/aromatic N) is 7. The Morgan fingerprint density at radius 2 is 1.57 bits per heavy atom. The van der Waals surface area contributed by atoms with Gasteiger partial charge in [-0.2, -0.15) is 5.10 Å². The van der Waals surface area contributed by atoms with Gasteiger partial charge in [-0.1, -0.05) is 64.8 Å². The lowest BCUT2D eigenvalue weighted by Crippen LogP contribution is -2.47. The fourth-order valence-corrected chi connectivity index (χ4v) is 10.3. The maximum Gasteiger partial charge on any atom is 0.163 e. The Hall–Kier alpha value is -4.98. The number of hydrogen-bond donors (Lipinski definition) is 0. The van der Waals surface area contributed by atoms with Crippen molar-refractivity contribution < 1.29 is 4.79 Å². The van der Waals surface area contributed by atoms with Crippen molar-refractivity contribution in [3.05, 3.63) is 102 Å². The number of aromatic nitrogens is 4. The van der Waals surface area contributed by atoms with Crippen molar-refractivity contribution in [3.63, 3.8) is 0 Å². The molecule has 3 fully saturated rings. The number of carbonyl (C=O) groups is 1. The zero-order valence-corrected chi connectivity index (χ0v) is 35.3. The number of anilines is 2. The van der Waals surface area contributed by atoms with E-state index in [1.54, 1.807) is 0 Å². The number of piperidine rings is 2. The number of Topliss-reactive ketones (excluding diaryl/α,β-unsaturated/α-hetero) is 1. The summed E-state index contributed by atoms with van der Waals surface area (Å²) in [6, 6.07) is 22.1. The highest BCUT2D eigenvalue weighted by molar-refractivity contribution is 5.98. The van der Waals surface area contributed by atoms with E-state index in [4.69, 9.17) is 15.1 Å². The van der Waals surface area contributed by atoms with E-state index in [1.807, 2.05) is 18.3 Å². The van der Waals surface area contributed by atoms with E-state index in [0.29, 0.717) is 17.9 Å². The number of pyridine rings is 2. The molecule has 2 aromatic carbocycles. The van der Waals surface area contributed by atoms with Crippen LogP contribution in [-0.2, 0) is 13.0 Å². The minimum Gasteiger partial charge on any atom is -0.371 e. The Balaban J connectivity index is 0.856. The normalized spacial score (nSPS) is 18.8. The number of benzene rings is 2. The van der Waals surface area contributed by atoms with Crippen LogP contribution in [0.2, 0.25) is 0 Å². The number of allylic oxidation sites excluding steroid dienone is 1. The SMILES string of the molecule is C=C(C)N1CCc2c(c(-c3cccc4cc(-c5ccc(N6CCC7(CCN(c8ccc(C(=O)CC(C)(C)C)cc8)CC7)CC6)nc5)ncc34)nn2C2CCCCC2)C1. The molecule has 1 spiro atoms. The van der Waals surface area contributed by atoms with Crippen LogP contribution in [0.4, 0.5) is 11.5 Å². The standard InChI is InChI=1S/C50H61N7O/c1-35(2)56-25-20-45-43(34-56)48(53-57(45)40-11-7-6-8-12-40)41-13-9-10-37-30-44(51-33-42(37)41)38-16-19-47(52-32-38)55-28-23-50(24-29-55)21-26-54(27-22-50)39-17-14-36(15-18-39)46(58)31-49(3,4)5/h9-10,13-19,30,32-33,40H,1,6-8,11-12,20-29,31,34H2,2-5H3. The van der Waals surface area contributed by atoms with Crippen LogP contribution < -0.4 is 9.80 Å². The summed E-state index contributed by atoms with van der Waals surface area (Å²) in [5.74, 6) is 1.29. The molecule has 0 unspecified atom stereocenters. The fourth-order valence-electron chi connectivity index (χ4n) is 10.3. The molecule has 1 aliphatic carbocycles. The predicted octanol–water partition coefficient (Wildman–Crippen LogP) is 11.1. The van der Waals surface area contributed by atoms with Crippen molar-refractivity contribution >= 4 is 28.1 Å². The second-order valence-corrected chi connectivity index (χ2v) is 19.1. The van der Waals surface area contributed by atoms with Gasteiger partial charge in [-0.05, 0) is 104 Å². The fraction of sp³-hybridized carbons (Fsp3) is 0.480. The average Bonchev–Trinajstić information content (AvgIpc) is 3.62. The van der Waals surface area contributed by atoms with E-state index < -0.39 is 0 Å². The van der Waals surface area contributed by atoms with E-state index in [0.717, 1.165) is 85.1 Å². The van der Waals surface area contributed by atoms with Crippen LogP contribution in [0.5, 0.6) is 0 Å². The van der Waals surface area contributed by atoms with Crippen molar-refractivity contribution in [2.24, 2.45) is 10.8 Å². The van der Waals surface area contributed by atoms with Crippen LogP contribution >= 0.6 is 0 Å². The molecule has 8 heteroatoms. The van der Waals surface area contributed by atoms with Crippen molar-refractivity contribution in [2.75, 3.05) is 42.5 Å². The van der Waals surface area contributed by atoms with Gasteiger partial charge in [-0.15, -0.1) is 0 Å². The first-order chi connectivity index (χ1) is 28.0. The topological polar surface area (TPSA) is 70.4 Å². The maximum atomic E-state index is 12.7. The van der Waals surface area contributed by atoms with Gasteiger partial charge < -0.3 is 14.7 Å². The number of ketones is 1. The van der Waals surface area contributed by atoms with Crippen LogP contribution in [0.25, 0.3) is 33.3 Å². The van der Waals surface area contributed by atoms with Crippen molar-refractivity contribution in [3.8, 4) is 22.5 Å². The highest BCUT2D eigenvalue weighted by Crippen LogP contribution is 2.43. The summed E-state index contributed by atoms with van der Waals surface area (Å²) in [4.78, 5) is 30.1. The molecule has 6 heterocycles. The molecular weight excluding hydrogens is 715 g/mol. The van der Waals surface area contributed by atoms with Crippen molar-refractivity contribution in [1.29, 1.82) is 0 Å². The summed E-state index contributed by atoms with van der Waals surface area (Å²) in [6.45, 7) is 18.9. The van der Waals surface area contributed by atoms with Gasteiger partial charge in [-0.3, -0.25) is 14.5 Å². The molecular formula is C50H61N7O. The summed E-state index contributed by atoms with van der Waals surface area (Å²) in [7, 11) is 0. The van der Waals surface area contributed by atoms with Gasteiger partial charge in [0.15, 0.2) is 5.78 Å². The molecule has 3 aromatic heterocycles. The van der Waals surface area contributed by atoms with Crippen LogP contribution in [0.15, 0.2) is 85.3 Å². The lowest BCUT2D eigenvalue weighted by atomic mass is 9.71. The Bertz CT molecular complexity index is 2280. The van der Waals surface area contributed by atoms with Gasteiger partial charge in [0, 0.05) is 109 Å². The Morgan fingerprint density at radius 1 is 0.845 bits per heavy atom. The summed E-state index contributed by atoms with van der Waals surface area (Å²) in [6.07, 6.45) is 16.9. The van der Waals surface area contributed by atoms with Crippen LogP contribution in [0.1, 0.15) is 120 Å². The molecule has 1 saturated carbocycles. The number of carbonyl (C=O) groups excluding carboxylic acids is 1. The summed E-state index contributed by atoms with van der Waals surface area (Å²) in [5, 5.41) is 7.75. The van der Waals surface area contributed by atoms with E-state index >= 15 is 0 Å². The van der Waals surface area contributed by atoms with Gasteiger partial charge in [0.05, 0.1) is 17.4 Å². The smallest absolute Gasteiger partial charge is 0.163 e. The van der Waals surface area contributed by atoms with Crippen LogP contribution in [0.3, 0.4) is 0 Å². The molecule has 4 aliphatic rings. The third kappa shape index (κ3) is 7.79. The Kier molecular flexibility index (Phi) is 10.4. The second kappa shape index (κ2) is 15.6. The van der Waals surface area contributed by atoms with Crippen molar-refractivity contribution in [1.82, 2.24) is 24.6 Å². The van der Waals surface area contributed by atoms with Gasteiger partial charge in [0.2, 0.25) is 0 Å². The van der Waals surface area contributed by atoms with Gasteiger partial charge >= 0.3 is 0 Å². The largest absolute Gasteiger partial charge is 0.371 e. The second-order valence-electron chi connectivity index (χ2n) is 19.1. The minimum absolute atomic E-state index is 0.00280. The molecule has 9 rings (SSSR count). The van der Waals surface area contributed by atoms with Crippen molar-refractivity contribution in [2.45, 2.75) is 111 Å². The van der Waals surface area contributed by atoms with Crippen LogP contribution in [0, 0.1) is 10.8 Å². The van der Waals surface area contributed by atoms with E-state index in [9.17, 15) is 4.79 Å². The molecule has 0 radical (unpaired) electrons. The minimum atomic E-state index is 0.00280. The Morgan fingerprint density at radius 3 is 2.24 bits per heavy atom. The highest BCUT2D eigenvalue weighted by atomic mass is 16.1. The van der Waals surface area contributed by atoms with E-state index in [1.165, 1.54) is 85.7 Å². The maximum absolute atomic E-state index is 12.7. The number of rotatable bonds is 8. The third-order valence-electron chi connectivity index (χ3n) is 13.8. The predicted molar refractivity (Wildman–Crippen MR) is 237 cm³/mol. The lowest BCUT2D eigenvalue weighted by molar-refractivity contribution is 0.0940. The van der Waals surface area contributed by atoms with Gasteiger partial charge in [0.25, 0.3) is 0 Å². The molecule has 58 heavy (non-hydrogen) atoms. The lowest BCUT2D eigenvalue weighted by Gasteiger charge is -2.47. The van der Waals surface area contributed by atoms with Crippen LogP contribution in [-0.4, -0.2) is 63.2 Å². The molecule has 0 bridgehead atoms. The summed E-state index contributed by atoms with van der Waals surface area (Å²) >= 11 is 0. The summed E-state index contributed by atoms with van der Waals surface area (Å²) < 4.78 is 2.42. The quantitative estimate of drug-likeness (QED) is 0.145. The molecule has 2 saturated heterocycles. The monoisotopic (exact) mass is 775 g/mol. The highest BCUT2D eigenvalue weighted by Gasteiger charge is 2.38. The molecule has 0 N–H and O–H groups in total. The third-order valence-corrected chi connectivity index (χ3v) is 13.8. The molecule has 3 aliphatic heterocycles. The molecule has 5 aromatic rings. The molecule has 0 atom stereocenters. The molecule has 8 nitrogen and oxygen atoms in total. The first-order valence-electron chi connectivity index (χ1n) is 22.0. The Labute approximate surface area is 345 Å². The average molecular weight is 776 g/mol. The number of hydrogen-bond acceptors (Lipinski definition) is 7. The zero-order chi connectivity index (χ0) is 40.0. The summed E-state index contributed by atoms with van der Waals surface area (Å²) in [5.41, 5.74) is 10.6. The first-order valence-corrected chi connectivity index (χ1v) is 22.0. The first kappa shape index (κ1) is 38.5.